The molecule has 0 aliphatic rings. The summed E-state index contributed by atoms with van der Waals surface area (Å²) >= 11 is 0. The fourth-order valence-electron chi connectivity index (χ4n) is 0.917. The first-order chi connectivity index (χ1) is 7.01. The second kappa shape index (κ2) is 6.66. The summed E-state index contributed by atoms with van der Waals surface area (Å²) in [7, 11) is 0. The molecular formula is C8H11NO6. The second-order valence-electron chi connectivity index (χ2n) is 2.80. The lowest BCUT2D eigenvalue weighted by atomic mass is 10.1. The van der Waals surface area contributed by atoms with Crippen molar-refractivity contribution in [2.75, 3.05) is 0 Å². The van der Waals surface area contributed by atoms with Gasteiger partial charge in [-0.05, 0) is 0 Å². The molecule has 0 aromatic heterocycles. The Labute approximate surface area is 85.1 Å². The quantitative estimate of drug-likeness (QED) is 0.430. The zero-order valence-corrected chi connectivity index (χ0v) is 7.75. The predicted octanol–water partition coefficient (Wildman–Crippen LogP) is -1.34. The molecule has 0 bridgehead atoms. The third kappa shape index (κ3) is 5.53. The van der Waals surface area contributed by atoms with E-state index in [2.05, 4.69) is 5.32 Å². The predicted molar refractivity (Wildman–Crippen MR) is 47.3 cm³/mol. The Morgan fingerprint density at radius 3 is 2.20 bits per heavy atom. The van der Waals surface area contributed by atoms with Crippen molar-refractivity contribution in [3.05, 3.63) is 0 Å². The Balaban J connectivity index is 4.36. The molecular weight excluding hydrogens is 206 g/mol. The third-order valence-electron chi connectivity index (χ3n) is 1.61. The standard InChI is InChI=1S/C8H11NO6/c10-2-1-5(4-11)9-6(8(14)15)3-7(12)13/h2,4-6,9H,1,3H2,(H,12,13)(H,14,15). The van der Waals surface area contributed by atoms with E-state index in [1.54, 1.807) is 0 Å². The van der Waals surface area contributed by atoms with Gasteiger partial charge in [-0.2, -0.15) is 0 Å². The van der Waals surface area contributed by atoms with Crippen LogP contribution >= 0.6 is 0 Å². The van der Waals surface area contributed by atoms with Crippen molar-refractivity contribution in [1.29, 1.82) is 0 Å². The Hall–Kier alpha value is -1.76. The molecule has 3 N–H and O–H groups in total. The van der Waals surface area contributed by atoms with E-state index in [1.165, 1.54) is 0 Å². The van der Waals surface area contributed by atoms with Crippen LogP contribution in [0.3, 0.4) is 0 Å². The third-order valence-corrected chi connectivity index (χ3v) is 1.61. The van der Waals surface area contributed by atoms with Crippen LogP contribution in [0.25, 0.3) is 0 Å². The van der Waals surface area contributed by atoms with Crippen LogP contribution in [0, 0.1) is 0 Å². The number of carbonyl (C=O) groups is 4. The van der Waals surface area contributed by atoms with E-state index in [0.29, 0.717) is 12.6 Å². The van der Waals surface area contributed by atoms with E-state index in [-0.39, 0.29) is 6.42 Å². The minimum Gasteiger partial charge on any atom is -0.481 e. The van der Waals surface area contributed by atoms with Crippen LogP contribution < -0.4 is 5.32 Å². The van der Waals surface area contributed by atoms with Crippen LogP contribution in [0.4, 0.5) is 0 Å². The molecule has 0 radical (unpaired) electrons. The van der Waals surface area contributed by atoms with Gasteiger partial charge in [-0.1, -0.05) is 0 Å². The molecule has 0 aliphatic heterocycles. The Morgan fingerprint density at radius 1 is 1.27 bits per heavy atom. The molecule has 0 aliphatic carbocycles. The molecule has 2 atom stereocenters. The first kappa shape index (κ1) is 13.2. The molecule has 0 amide bonds. The van der Waals surface area contributed by atoms with Gasteiger partial charge in [0.2, 0.25) is 0 Å². The van der Waals surface area contributed by atoms with Gasteiger partial charge < -0.3 is 19.8 Å². The monoisotopic (exact) mass is 217 g/mol. The molecule has 0 heterocycles. The number of carboxylic acids is 2. The molecule has 0 saturated heterocycles. The fraction of sp³-hybridized carbons (Fsp3) is 0.500. The van der Waals surface area contributed by atoms with E-state index >= 15 is 0 Å². The van der Waals surface area contributed by atoms with Crippen molar-refractivity contribution in [3.63, 3.8) is 0 Å². The lowest BCUT2D eigenvalue weighted by molar-refractivity contribution is -0.146. The zero-order chi connectivity index (χ0) is 11.8. The van der Waals surface area contributed by atoms with Gasteiger partial charge in [0.25, 0.3) is 0 Å². The van der Waals surface area contributed by atoms with Crippen LogP contribution in [0.2, 0.25) is 0 Å². The van der Waals surface area contributed by atoms with Crippen LogP contribution in [-0.2, 0) is 19.2 Å². The van der Waals surface area contributed by atoms with Crippen molar-refractivity contribution < 1.29 is 29.4 Å². The zero-order valence-electron chi connectivity index (χ0n) is 7.75. The Bertz CT molecular complexity index is 264. The molecule has 0 fully saturated rings. The first-order valence-corrected chi connectivity index (χ1v) is 4.10. The number of aldehydes is 2. The number of rotatable bonds is 8. The largest absolute Gasteiger partial charge is 0.481 e. The summed E-state index contributed by atoms with van der Waals surface area (Å²) in [5.41, 5.74) is 0. The highest BCUT2D eigenvalue weighted by Gasteiger charge is 2.23. The summed E-state index contributed by atoms with van der Waals surface area (Å²) in [6, 6.07) is -2.35. The fourth-order valence-corrected chi connectivity index (χ4v) is 0.917. The summed E-state index contributed by atoms with van der Waals surface area (Å²) in [6.45, 7) is 0. The molecule has 0 aromatic rings. The second-order valence-corrected chi connectivity index (χ2v) is 2.80. The molecule has 0 rings (SSSR count). The number of aliphatic carboxylic acids is 2. The number of carbonyl (C=O) groups excluding carboxylic acids is 2. The highest BCUT2D eigenvalue weighted by molar-refractivity contribution is 5.81. The normalized spacial score (nSPS) is 13.9. The summed E-state index contributed by atoms with van der Waals surface area (Å²) in [6.07, 6.45) is -0.0244. The number of carboxylic acid groups (broad SMARTS) is 2. The molecule has 7 nitrogen and oxygen atoms in total. The minimum atomic E-state index is -1.38. The molecule has 0 aromatic carbocycles. The van der Waals surface area contributed by atoms with E-state index < -0.39 is 30.4 Å². The van der Waals surface area contributed by atoms with Crippen LogP contribution in [0.15, 0.2) is 0 Å². The van der Waals surface area contributed by atoms with Crippen molar-refractivity contribution in [2.45, 2.75) is 24.9 Å². The average Bonchev–Trinajstić information content (AvgIpc) is 2.14. The molecule has 2 unspecified atom stereocenters. The molecule has 0 spiro atoms. The Kier molecular flexibility index (Phi) is 5.88. The first-order valence-electron chi connectivity index (χ1n) is 4.10. The highest BCUT2D eigenvalue weighted by Crippen LogP contribution is 1.96. The molecule has 0 saturated carbocycles. The smallest absolute Gasteiger partial charge is 0.321 e. The van der Waals surface area contributed by atoms with E-state index in [1.807, 2.05) is 0 Å². The van der Waals surface area contributed by atoms with Crippen molar-refractivity contribution in [1.82, 2.24) is 5.32 Å². The minimum absolute atomic E-state index is 0.188. The van der Waals surface area contributed by atoms with E-state index in [4.69, 9.17) is 10.2 Å². The maximum absolute atomic E-state index is 10.6. The van der Waals surface area contributed by atoms with Crippen molar-refractivity contribution >= 4 is 24.5 Å². The maximum atomic E-state index is 10.6. The van der Waals surface area contributed by atoms with Crippen LogP contribution in [0.1, 0.15) is 12.8 Å². The average molecular weight is 217 g/mol. The van der Waals surface area contributed by atoms with Gasteiger partial charge >= 0.3 is 11.9 Å². The molecule has 7 heteroatoms. The summed E-state index contributed by atoms with van der Waals surface area (Å²) in [5, 5.41) is 19.2. The van der Waals surface area contributed by atoms with Gasteiger partial charge in [0.05, 0.1) is 12.5 Å². The van der Waals surface area contributed by atoms with Crippen LogP contribution in [-0.4, -0.2) is 46.8 Å². The van der Waals surface area contributed by atoms with Gasteiger partial charge in [0.15, 0.2) is 0 Å². The number of nitrogens with one attached hydrogen (secondary N) is 1. The SMILES string of the molecule is O=CCC(C=O)NC(CC(=O)O)C(=O)O. The van der Waals surface area contributed by atoms with Crippen molar-refractivity contribution in [3.8, 4) is 0 Å². The summed E-state index contributed by atoms with van der Waals surface area (Å²) in [4.78, 5) is 41.3. The van der Waals surface area contributed by atoms with Gasteiger partial charge in [-0.25, -0.2) is 0 Å². The topological polar surface area (TPSA) is 121 Å². The lowest BCUT2D eigenvalue weighted by Crippen LogP contribution is -2.45. The lowest BCUT2D eigenvalue weighted by Gasteiger charge is -2.15. The van der Waals surface area contributed by atoms with Gasteiger partial charge in [0.1, 0.15) is 18.6 Å². The van der Waals surface area contributed by atoms with Gasteiger partial charge in [0, 0.05) is 6.42 Å². The van der Waals surface area contributed by atoms with E-state index in [0.717, 1.165) is 0 Å². The Morgan fingerprint density at radius 2 is 1.87 bits per heavy atom. The van der Waals surface area contributed by atoms with Gasteiger partial charge in [-0.15, -0.1) is 0 Å². The molecule has 15 heavy (non-hydrogen) atoms. The summed E-state index contributed by atoms with van der Waals surface area (Å²) in [5.74, 6) is -2.68. The number of hydrogen-bond acceptors (Lipinski definition) is 5. The number of hydrogen-bond donors (Lipinski definition) is 3. The van der Waals surface area contributed by atoms with Crippen molar-refractivity contribution in [2.24, 2.45) is 0 Å². The summed E-state index contributed by atoms with van der Waals surface area (Å²) < 4.78 is 0. The maximum Gasteiger partial charge on any atom is 0.321 e. The van der Waals surface area contributed by atoms with E-state index in [9.17, 15) is 19.2 Å². The van der Waals surface area contributed by atoms with Gasteiger partial charge in [-0.3, -0.25) is 14.9 Å². The van der Waals surface area contributed by atoms with Crippen LogP contribution in [0.5, 0.6) is 0 Å². The highest BCUT2D eigenvalue weighted by atomic mass is 16.4. The molecule has 84 valence electrons.